The highest BCUT2D eigenvalue weighted by atomic mass is 35.5. The second kappa shape index (κ2) is 14.2. The third kappa shape index (κ3) is 9.21. The highest BCUT2D eigenvalue weighted by molar-refractivity contribution is 7.92. The lowest BCUT2D eigenvalue weighted by molar-refractivity contribution is -0.140. The molecule has 0 saturated carbocycles. The number of aryl methyl sites for hydroxylation is 2. The van der Waals surface area contributed by atoms with Crippen LogP contribution in [0, 0.1) is 19.8 Å². The molecule has 1 N–H and O–H groups in total. The Balaban J connectivity index is 2.09. The van der Waals surface area contributed by atoms with Crippen molar-refractivity contribution in [1.29, 1.82) is 0 Å². The quantitative estimate of drug-likeness (QED) is 0.279. The molecule has 0 aliphatic heterocycles. The van der Waals surface area contributed by atoms with E-state index >= 15 is 0 Å². The minimum atomic E-state index is -3.85. The van der Waals surface area contributed by atoms with Crippen LogP contribution in [-0.2, 0) is 32.6 Å². The van der Waals surface area contributed by atoms with Gasteiger partial charge in [0, 0.05) is 19.5 Å². The molecule has 7 nitrogen and oxygen atoms in total. The molecule has 2 amide bonds. The zero-order valence-corrected chi connectivity index (χ0v) is 26.4. The standard InChI is InChI=1S/C31H37Cl2N3O4S/c1-21(2)18-34-31(38)29(17-24-9-7-6-8-10-24)35(19-25-13-14-26(32)27(33)16-25)30(37)20-36(41(5,39)40)28-15-22(3)11-12-23(28)4/h6-16,21,29H,17-20H2,1-5H3,(H,34,38). The van der Waals surface area contributed by atoms with E-state index in [2.05, 4.69) is 5.32 Å². The van der Waals surface area contributed by atoms with Crippen molar-refractivity contribution in [3.8, 4) is 0 Å². The summed E-state index contributed by atoms with van der Waals surface area (Å²) in [6.07, 6.45) is 1.31. The summed E-state index contributed by atoms with van der Waals surface area (Å²) in [6, 6.07) is 18.9. The number of carbonyl (C=O) groups is 2. The van der Waals surface area contributed by atoms with E-state index < -0.39 is 28.5 Å². The number of anilines is 1. The van der Waals surface area contributed by atoms with Crippen LogP contribution in [0.4, 0.5) is 5.69 Å². The van der Waals surface area contributed by atoms with Gasteiger partial charge in [-0.05, 0) is 60.2 Å². The number of amides is 2. The topological polar surface area (TPSA) is 86.8 Å². The summed E-state index contributed by atoms with van der Waals surface area (Å²) in [5.41, 5.74) is 3.49. The smallest absolute Gasteiger partial charge is 0.244 e. The van der Waals surface area contributed by atoms with E-state index in [1.165, 1.54) is 4.90 Å². The summed E-state index contributed by atoms with van der Waals surface area (Å²) in [5.74, 6) is -0.655. The summed E-state index contributed by atoms with van der Waals surface area (Å²) >= 11 is 12.4. The molecule has 0 spiro atoms. The second-order valence-corrected chi connectivity index (χ2v) is 13.4. The van der Waals surface area contributed by atoms with Crippen molar-refractivity contribution < 1.29 is 18.0 Å². The molecule has 0 saturated heterocycles. The number of benzene rings is 3. The molecule has 0 aliphatic rings. The van der Waals surface area contributed by atoms with E-state index in [0.717, 1.165) is 21.7 Å². The summed E-state index contributed by atoms with van der Waals surface area (Å²) in [4.78, 5) is 29.3. The van der Waals surface area contributed by atoms with Gasteiger partial charge in [-0.3, -0.25) is 13.9 Å². The molecular weight excluding hydrogens is 581 g/mol. The molecule has 0 aliphatic carbocycles. The first kappa shape index (κ1) is 32.4. The monoisotopic (exact) mass is 617 g/mol. The fourth-order valence-corrected chi connectivity index (χ4v) is 5.61. The predicted octanol–water partition coefficient (Wildman–Crippen LogP) is 5.79. The molecule has 220 valence electrons. The van der Waals surface area contributed by atoms with Gasteiger partial charge in [-0.2, -0.15) is 0 Å². The number of nitrogens with one attached hydrogen (secondary N) is 1. The molecule has 1 unspecified atom stereocenters. The van der Waals surface area contributed by atoms with Gasteiger partial charge in [-0.1, -0.05) is 85.6 Å². The normalized spacial score (nSPS) is 12.2. The van der Waals surface area contributed by atoms with Crippen LogP contribution < -0.4 is 9.62 Å². The van der Waals surface area contributed by atoms with E-state index in [0.29, 0.717) is 33.4 Å². The van der Waals surface area contributed by atoms with Crippen LogP contribution in [0.15, 0.2) is 66.7 Å². The van der Waals surface area contributed by atoms with Crippen LogP contribution in [0.1, 0.15) is 36.1 Å². The summed E-state index contributed by atoms with van der Waals surface area (Å²) in [7, 11) is -3.85. The molecule has 3 aromatic carbocycles. The van der Waals surface area contributed by atoms with E-state index in [1.54, 1.807) is 31.2 Å². The van der Waals surface area contributed by atoms with Crippen LogP contribution in [0.25, 0.3) is 0 Å². The lowest BCUT2D eigenvalue weighted by Crippen LogP contribution is -2.53. The van der Waals surface area contributed by atoms with Crippen LogP contribution in [0.5, 0.6) is 0 Å². The summed E-state index contributed by atoms with van der Waals surface area (Å²) in [5, 5.41) is 3.64. The predicted molar refractivity (Wildman–Crippen MR) is 167 cm³/mol. The maximum atomic E-state index is 14.2. The first-order chi connectivity index (χ1) is 19.3. The Morgan fingerprint density at radius 3 is 2.20 bits per heavy atom. The van der Waals surface area contributed by atoms with Gasteiger partial charge in [0.05, 0.1) is 22.0 Å². The molecule has 0 radical (unpaired) electrons. The lowest BCUT2D eigenvalue weighted by Gasteiger charge is -2.34. The molecule has 3 aromatic rings. The summed E-state index contributed by atoms with van der Waals surface area (Å²) in [6.45, 7) is 7.59. The van der Waals surface area contributed by atoms with Gasteiger partial charge < -0.3 is 10.2 Å². The van der Waals surface area contributed by atoms with Gasteiger partial charge in [0.25, 0.3) is 0 Å². The van der Waals surface area contributed by atoms with E-state index in [1.807, 2.05) is 63.2 Å². The summed E-state index contributed by atoms with van der Waals surface area (Å²) < 4.78 is 27.1. The maximum Gasteiger partial charge on any atom is 0.244 e. The Labute approximate surface area is 253 Å². The van der Waals surface area contributed by atoms with Crippen LogP contribution in [0.2, 0.25) is 10.0 Å². The third-order valence-corrected chi connectivity index (χ3v) is 8.47. The number of halogens is 2. The van der Waals surface area contributed by atoms with Crippen LogP contribution in [-0.4, -0.2) is 50.5 Å². The Morgan fingerprint density at radius 1 is 0.902 bits per heavy atom. The van der Waals surface area contributed by atoms with E-state index in [4.69, 9.17) is 23.2 Å². The first-order valence-electron chi connectivity index (χ1n) is 13.4. The number of nitrogens with zero attached hydrogens (tertiary/aromatic N) is 2. The zero-order valence-electron chi connectivity index (χ0n) is 24.0. The fraction of sp³-hybridized carbons (Fsp3) is 0.355. The lowest BCUT2D eigenvalue weighted by atomic mass is 10.0. The Kier molecular flexibility index (Phi) is 11.2. The Bertz CT molecular complexity index is 1480. The average Bonchev–Trinajstić information content (AvgIpc) is 2.91. The van der Waals surface area contributed by atoms with E-state index in [9.17, 15) is 18.0 Å². The van der Waals surface area contributed by atoms with Gasteiger partial charge in [-0.25, -0.2) is 8.42 Å². The second-order valence-electron chi connectivity index (χ2n) is 10.7. The number of rotatable bonds is 12. The highest BCUT2D eigenvalue weighted by Crippen LogP contribution is 2.27. The molecular formula is C31H37Cl2N3O4S. The largest absolute Gasteiger partial charge is 0.354 e. The van der Waals surface area contributed by atoms with Crippen molar-refractivity contribution in [2.24, 2.45) is 5.92 Å². The SMILES string of the molecule is Cc1ccc(C)c(N(CC(=O)N(Cc2ccc(Cl)c(Cl)c2)C(Cc2ccccc2)C(=O)NCC(C)C)S(C)(=O)=O)c1. The molecule has 3 rings (SSSR count). The molecule has 0 bridgehead atoms. The molecule has 0 heterocycles. The van der Waals surface area contributed by atoms with Gasteiger partial charge in [0.1, 0.15) is 12.6 Å². The minimum Gasteiger partial charge on any atom is -0.354 e. The van der Waals surface area contributed by atoms with Gasteiger partial charge in [0.2, 0.25) is 21.8 Å². The number of hydrogen-bond donors (Lipinski definition) is 1. The van der Waals surface area contributed by atoms with Crippen molar-refractivity contribution in [3.63, 3.8) is 0 Å². The zero-order chi connectivity index (χ0) is 30.3. The molecule has 41 heavy (non-hydrogen) atoms. The highest BCUT2D eigenvalue weighted by Gasteiger charge is 2.33. The van der Waals surface area contributed by atoms with Crippen LogP contribution >= 0.6 is 23.2 Å². The van der Waals surface area contributed by atoms with Crippen molar-refractivity contribution in [3.05, 3.63) is 99.0 Å². The van der Waals surface area contributed by atoms with Gasteiger partial charge >= 0.3 is 0 Å². The maximum absolute atomic E-state index is 14.2. The Morgan fingerprint density at radius 2 is 1.59 bits per heavy atom. The van der Waals surface area contributed by atoms with Crippen molar-refractivity contribution in [2.75, 3.05) is 23.7 Å². The Hall–Kier alpha value is -3.07. The fourth-order valence-electron chi connectivity index (χ4n) is 4.39. The third-order valence-electron chi connectivity index (χ3n) is 6.61. The van der Waals surface area contributed by atoms with Gasteiger partial charge in [0.15, 0.2) is 0 Å². The molecule has 0 aromatic heterocycles. The minimum absolute atomic E-state index is 0.0206. The van der Waals surface area contributed by atoms with Crippen molar-refractivity contribution in [2.45, 2.75) is 46.7 Å². The number of sulfonamides is 1. The molecule has 0 fully saturated rings. The van der Waals surface area contributed by atoms with Crippen molar-refractivity contribution >= 4 is 50.7 Å². The number of hydrogen-bond acceptors (Lipinski definition) is 4. The molecule has 10 heteroatoms. The molecule has 1 atom stereocenters. The number of carbonyl (C=O) groups excluding carboxylic acids is 2. The van der Waals surface area contributed by atoms with Crippen LogP contribution in [0.3, 0.4) is 0 Å². The van der Waals surface area contributed by atoms with Gasteiger partial charge in [-0.15, -0.1) is 0 Å². The van der Waals surface area contributed by atoms with Crippen molar-refractivity contribution in [1.82, 2.24) is 10.2 Å². The van der Waals surface area contributed by atoms with E-state index in [-0.39, 0.29) is 24.8 Å². The average molecular weight is 619 g/mol. The first-order valence-corrected chi connectivity index (χ1v) is 16.0.